The summed E-state index contributed by atoms with van der Waals surface area (Å²) in [5.74, 6) is 0.0132. The number of rotatable bonds is 2. The number of amides is 1. The molecule has 2 aliphatic heterocycles. The number of anilines is 1. The molecule has 6 nitrogen and oxygen atoms in total. The van der Waals surface area contributed by atoms with Crippen molar-refractivity contribution in [3.05, 3.63) is 52.7 Å². The summed E-state index contributed by atoms with van der Waals surface area (Å²) in [7, 11) is -3.39. The Morgan fingerprint density at radius 1 is 1.27 bits per heavy atom. The molecule has 1 N–H and O–H groups in total. The molecule has 0 spiro atoms. The van der Waals surface area contributed by atoms with Crippen LogP contribution in [0, 0.1) is 0 Å². The van der Waals surface area contributed by atoms with Crippen molar-refractivity contribution < 1.29 is 13.2 Å². The van der Waals surface area contributed by atoms with Crippen LogP contribution in [0.5, 0.6) is 0 Å². The van der Waals surface area contributed by atoms with E-state index < -0.39 is 10.0 Å². The van der Waals surface area contributed by atoms with Gasteiger partial charge in [0.25, 0.3) is 15.9 Å². The molecule has 2 aliphatic rings. The quantitative estimate of drug-likeness (QED) is 0.847. The lowest BCUT2D eigenvalue weighted by atomic mass is 10.1. The lowest BCUT2D eigenvalue weighted by Crippen LogP contribution is -2.37. The van der Waals surface area contributed by atoms with Gasteiger partial charge in [0.1, 0.15) is 5.84 Å². The summed E-state index contributed by atoms with van der Waals surface area (Å²) in [5.41, 5.74) is 1.11. The van der Waals surface area contributed by atoms with E-state index in [1.807, 2.05) is 18.2 Å². The second-order valence-electron chi connectivity index (χ2n) is 4.78. The Hall–Kier alpha value is -1.93. The first-order valence-corrected chi connectivity index (χ1v) is 8.90. The zero-order valence-electron chi connectivity index (χ0n) is 11.4. The third kappa shape index (κ3) is 3.12. The van der Waals surface area contributed by atoms with E-state index in [0.29, 0.717) is 17.1 Å². The SMILES string of the molecule is O=C(Nc1ccccc1Br)C1=CN2CCS(=O)(=O)N=C2C=C1. The highest BCUT2D eigenvalue weighted by Crippen LogP contribution is 2.23. The standard InChI is InChI=1S/C14H12BrN3O3S/c15-11-3-1-2-4-12(11)16-14(19)10-5-6-13-17-22(20,21)8-7-18(13)9-10/h1-6,9H,7-8H2,(H,16,19). The van der Waals surface area contributed by atoms with E-state index in [9.17, 15) is 13.2 Å². The number of para-hydroxylation sites is 1. The normalized spacial score (nSPS) is 19.0. The fourth-order valence-corrected chi connectivity index (χ4v) is 3.45. The summed E-state index contributed by atoms with van der Waals surface area (Å²) in [4.78, 5) is 13.9. The average molecular weight is 382 g/mol. The minimum atomic E-state index is -3.39. The zero-order chi connectivity index (χ0) is 15.7. The average Bonchev–Trinajstić information content (AvgIpc) is 2.48. The van der Waals surface area contributed by atoms with Gasteiger partial charge in [-0.2, -0.15) is 0 Å². The molecule has 1 amide bonds. The van der Waals surface area contributed by atoms with Gasteiger partial charge in [0.2, 0.25) is 0 Å². The molecule has 0 aromatic heterocycles. The van der Waals surface area contributed by atoms with Crippen molar-refractivity contribution in [2.24, 2.45) is 4.40 Å². The number of nitrogens with one attached hydrogen (secondary N) is 1. The van der Waals surface area contributed by atoms with E-state index in [1.54, 1.807) is 23.2 Å². The van der Waals surface area contributed by atoms with Crippen LogP contribution < -0.4 is 5.32 Å². The van der Waals surface area contributed by atoms with Crippen molar-refractivity contribution in [3.8, 4) is 0 Å². The van der Waals surface area contributed by atoms with Crippen molar-refractivity contribution in [1.29, 1.82) is 0 Å². The number of nitrogens with zero attached hydrogens (tertiary/aromatic N) is 2. The fraction of sp³-hybridized carbons (Fsp3) is 0.143. The van der Waals surface area contributed by atoms with Gasteiger partial charge >= 0.3 is 0 Å². The van der Waals surface area contributed by atoms with Crippen LogP contribution in [0.25, 0.3) is 0 Å². The second kappa shape index (κ2) is 5.69. The van der Waals surface area contributed by atoms with Gasteiger partial charge in [-0.05, 0) is 40.2 Å². The van der Waals surface area contributed by atoms with Gasteiger partial charge in [-0.1, -0.05) is 12.1 Å². The van der Waals surface area contributed by atoms with E-state index in [2.05, 4.69) is 25.6 Å². The maximum atomic E-state index is 12.3. The summed E-state index contributed by atoms with van der Waals surface area (Å²) in [6.07, 6.45) is 4.70. The molecular formula is C14H12BrN3O3S. The molecule has 0 saturated heterocycles. The molecule has 0 bridgehead atoms. The van der Waals surface area contributed by atoms with Gasteiger partial charge in [0.15, 0.2) is 0 Å². The van der Waals surface area contributed by atoms with Crippen LogP contribution in [-0.4, -0.2) is 37.4 Å². The van der Waals surface area contributed by atoms with Gasteiger partial charge in [-0.25, -0.2) is 8.42 Å². The second-order valence-corrected chi connectivity index (χ2v) is 7.39. The van der Waals surface area contributed by atoms with Crippen LogP contribution in [0.4, 0.5) is 5.69 Å². The predicted molar refractivity (Wildman–Crippen MR) is 87.9 cm³/mol. The van der Waals surface area contributed by atoms with Crippen LogP contribution in [0.1, 0.15) is 0 Å². The highest BCUT2D eigenvalue weighted by molar-refractivity contribution is 9.10. The number of hydrogen-bond acceptors (Lipinski definition) is 4. The number of carbonyl (C=O) groups excluding carboxylic acids is 1. The lowest BCUT2D eigenvalue weighted by molar-refractivity contribution is -0.112. The smallest absolute Gasteiger partial charge is 0.257 e. The number of halogens is 1. The van der Waals surface area contributed by atoms with E-state index >= 15 is 0 Å². The number of amidine groups is 1. The molecule has 8 heteroatoms. The van der Waals surface area contributed by atoms with Crippen LogP contribution >= 0.6 is 15.9 Å². The molecule has 3 rings (SSSR count). The largest absolute Gasteiger partial charge is 0.330 e. The number of carbonyl (C=O) groups is 1. The molecular weight excluding hydrogens is 370 g/mol. The monoisotopic (exact) mass is 381 g/mol. The molecule has 0 aliphatic carbocycles. The number of fused-ring (bicyclic) bond motifs is 1. The molecule has 0 atom stereocenters. The molecule has 1 aromatic rings. The zero-order valence-corrected chi connectivity index (χ0v) is 13.8. The van der Waals surface area contributed by atoms with E-state index in [0.717, 1.165) is 4.47 Å². The Morgan fingerprint density at radius 3 is 2.82 bits per heavy atom. The molecule has 0 radical (unpaired) electrons. The van der Waals surface area contributed by atoms with Crippen molar-refractivity contribution in [2.75, 3.05) is 17.6 Å². The topological polar surface area (TPSA) is 78.8 Å². The minimum absolute atomic E-state index is 0.0556. The molecule has 2 heterocycles. The highest BCUT2D eigenvalue weighted by Gasteiger charge is 2.25. The van der Waals surface area contributed by atoms with Crippen LogP contribution in [0.3, 0.4) is 0 Å². The molecule has 114 valence electrons. The maximum absolute atomic E-state index is 12.3. The first-order chi connectivity index (χ1) is 10.4. The molecule has 22 heavy (non-hydrogen) atoms. The summed E-state index contributed by atoms with van der Waals surface area (Å²) < 4.78 is 27.4. The Morgan fingerprint density at radius 2 is 2.05 bits per heavy atom. The Balaban J connectivity index is 1.80. The number of benzene rings is 1. The molecule has 0 saturated carbocycles. The predicted octanol–water partition coefficient (Wildman–Crippen LogP) is 1.89. The van der Waals surface area contributed by atoms with Crippen molar-refractivity contribution in [1.82, 2.24) is 4.90 Å². The first kappa shape index (κ1) is 15.0. The summed E-state index contributed by atoms with van der Waals surface area (Å²) >= 11 is 3.37. The van der Waals surface area contributed by atoms with Crippen LogP contribution in [0.15, 0.2) is 57.1 Å². The van der Waals surface area contributed by atoms with Gasteiger partial charge in [0.05, 0.1) is 17.0 Å². The number of sulfonamides is 1. The first-order valence-electron chi connectivity index (χ1n) is 6.50. The molecule has 1 aromatic carbocycles. The summed E-state index contributed by atoms with van der Waals surface area (Å²) in [5, 5.41) is 2.80. The van der Waals surface area contributed by atoms with Crippen molar-refractivity contribution in [2.45, 2.75) is 0 Å². The van der Waals surface area contributed by atoms with Gasteiger partial charge < -0.3 is 10.2 Å². The lowest BCUT2D eigenvalue weighted by Gasteiger charge is -2.27. The van der Waals surface area contributed by atoms with Gasteiger partial charge in [0, 0.05) is 17.2 Å². The number of hydrogen-bond donors (Lipinski definition) is 1. The third-order valence-electron chi connectivity index (χ3n) is 3.21. The van der Waals surface area contributed by atoms with E-state index in [4.69, 9.17) is 0 Å². The third-order valence-corrected chi connectivity index (χ3v) is 5.06. The fourth-order valence-electron chi connectivity index (χ4n) is 2.09. The van der Waals surface area contributed by atoms with E-state index in [-0.39, 0.29) is 18.2 Å². The van der Waals surface area contributed by atoms with Crippen LogP contribution in [0.2, 0.25) is 0 Å². The Labute approximate surface area is 136 Å². The van der Waals surface area contributed by atoms with E-state index in [1.165, 1.54) is 6.08 Å². The maximum Gasteiger partial charge on any atom is 0.257 e. The van der Waals surface area contributed by atoms with Gasteiger partial charge in [-0.15, -0.1) is 4.40 Å². The molecule has 0 fully saturated rings. The molecule has 0 unspecified atom stereocenters. The Kier molecular flexibility index (Phi) is 3.88. The van der Waals surface area contributed by atoms with Crippen molar-refractivity contribution >= 4 is 43.4 Å². The summed E-state index contributed by atoms with van der Waals surface area (Å²) in [6.45, 7) is 0.289. The highest BCUT2D eigenvalue weighted by atomic mass is 79.9. The summed E-state index contributed by atoms with van der Waals surface area (Å²) in [6, 6.07) is 7.30. The van der Waals surface area contributed by atoms with Crippen LogP contribution in [-0.2, 0) is 14.8 Å². The minimum Gasteiger partial charge on any atom is -0.330 e. The Bertz CT molecular complexity index is 827. The van der Waals surface area contributed by atoms with Gasteiger partial charge in [-0.3, -0.25) is 4.79 Å². The van der Waals surface area contributed by atoms with Crippen molar-refractivity contribution in [3.63, 3.8) is 0 Å².